The number of benzene rings is 3. The standard InChI is InChI=1S/C36H41FN2O7S2/c1-48(45,46)21-29-20-47-33(38-29)17-6-24-4-13-30(14-5-24)39-34(27-7-2-25(3-8-27)18-19-36(44,22-40)23-41)31(35(39)43)15-16-32(42)26-9-11-28(37)12-10-26/h2-5,7-14,20,31-32,34,40-42,44H,6,15-19,21-23H2,1H3/t31-,32+,34-/m1/s1. The van der Waals surface area contributed by atoms with E-state index in [1.54, 1.807) is 22.4 Å². The fraction of sp³-hybridized carbons (Fsp3) is 0.389. The minimum Gasteiger partial charge on any atom is -0.393 e. The van der Waals surface area contributed by atoms with Crippen LogP contribution < -0.4 is 4.90 Å². The maximum atomic E-state index is 13.7. The second-order valence-electron chi connectivity index (χ2n) is 12.7. The molecule has 1 aromatic heterocycles. The van der Waals surface area contributed by atoms with Gasteiger partial charge in [0.1, 0.15) is 11.4 Å². The quantitative estimate of drug-likeness (QED) is 0.126. The predicted molar refractivity (Wildman–Crippen MR) is 183 cm³/mol. The van der Waals surface area contributed by atoms with Crippen molar-refractivity contribution in [3.05, 3.63) is 117 Å². The minimum absolute atomic E-state index is 0.0553. The molecule has 12 heteroatoms. The number of aliphatic hydroxyl groups excluding tert-OH is 3. The molecule has 4 aromatic rings. The summed E-state index contributed by atoms with van der Waals surface area (Å²) in [5.41, 5.74) is 3.21. The molecule has 9 nitrogen and oxygen atoms in total. The molecule has 1 saturated heterocycles. The summed E-state index contributed by atoms with van der Waals surface area (Å²) in [7, 11) is -3.15. The summed E-state index contributed by atoms with van der Waals surface area (Å²) in [6.07, 6.45) is 3.10. The number of aromatic nitrogens is 1. The number of halogens is 1. The second kappa shape index (κ2) is 15.4. The summed E-state index contributed by atoms with van der Waals surface area (Å²) < 4.78 is 36.6. The summed E-state index contributed by atoms with van der Waals surface area (Å²) in [6.45, 7) is -1.08. The molecule has 1 aliphatic rings. The molecule has 3 aromatic carbocycles. The number of carbonyl (C=O) groups is 1. The summed E-state index contributed by atoms with van der Waals surface area (Å²) in [5, 5.41) is 42.5. The SMILES string of the molecule is CS(=O)(=O)Cc1csc(CCc2ccc(N3C(=O)[C@H](CC[C@H](O)c4ccc(F)cc4)[C@H]3c3ccc(CCC(O)(CO)CO)cc3)cc2)n1. The maximum absolute atomic E-state index is 13.7. The molecule has 0 aliphatic carbocycles. The highest BCUT2D eigenvalue weighted by molar-refractivity contribution is 7.89. The first-order chi connectivity index (χ1) is 22.9. The van der Waals surface area contributed by atoms with E-state index in [9.17, 15) is 38.0 Å². The smallest absolute Gasteiger partial charge is 0.233 e. The van der Waals surface area contributed by atoms with Gasteiger partial charge in [0.25, 0.3) is 0 Å². The van der Waals surface area contributed by atoms with Crippen LogP contribution in [0.1, 0.15) is 64.4 Å². The zero-order chi connectivity index (χ0) is 34.5. The lowest BCUT2D eigenvalue weighted by Gasteiger charge is -2.48. The van der Waals surface area contributed by atoms with Gasteiger partial charge in [0.15, 0.2) is 9.84 Å². The van der Waals surface area contributed by atoms with Crippen LogP contribution in [0.3, 0.4) is 0 Å². The molecule has 0 radical (unpaired) electrons. The van der Waals surface area contributed by atoms with Crippen LogP contribution in [-0.2, 0) is 39.6 Å². The fourth-order valence-corrected chi connectivity index (χ4v) is 7.62. The highest BCUT2D eigenvalue weighted by Crippen LogP contribution is 2.46. The van der Waals surface area contributed by atoms with Crippen LogP contribution in [0.5, 0.6) is 0 Å². The monoisotopic (exact) mass is 696 g/mol. The van der Waals surface area contributed by atoms with Crippen molar-refractivity contribution >= 4 is 32.8 Å². The molecule has 0 bridgehead atoms. The summed E-state index contributed by atoms with van der Waals surface area (Å²) in [6, 6.07) is 20.9. The molecule has 1 fully saturated rings. The number of amides is 1. The molecule has 3 atom stereocenters. The Bertz CT molecular complexity index is 1770. The molecule has 48 heavy (non-hydrogen) atoms. The van der Waals surface area contributed by atoms with Crippen LogP contribution in [0.25, 0.3) is 0 Å². The lowest BCUT2D eigenvalue weighted by molar-refractivity contribution is -0.131. The van der Waals surface area contributed by atoms with E-state index in [-0.39, 0.29) is 35.9 Å². The van der Waals surface area contributed by atoms with Gasteiger partial charge >= 0.3 is 0 Å². The van der Waals surface area contributed by atoms with E-state index in [2.05, 4.69) is 4.98 Å². The first-order valence-electron chi connectivity index (χ1n) is 15.9. The van der Waals surface area contributed by atoms with E-state index >= 15 is 0 Å². The molecule has 0 saturated carbocycles. The Labute approximate surface area is 284 Å². The van der Waals surface area contributed by atoms with Crippen molar-refractivity contribution in [3.8, 4) is 0 Å². The average Bonchev–Trinajstić information content (AvgIpc) is 3.51. The van der Waals surface area contributed by atoms with E-state index in [0.717, 1.165) is 27.4 Å². The Morgan fingerprint density at radius 2 is 1.56 bits per heavy atom. The topological polar surface area (TPSA) is 148 Å². The molecule has 1 aliphatic heterocycles. The number of nitrogens with zero attached hydrogens (tertiary/aromatic N) is 2. The Morgan fingerprint density at radius 1 is 0.938 bits per heavy atom. The van der Waals surface area contributed by atoms with Crippen LogP contribution in [0.15, 0.2) is 78.2 Å². The lowest BCUT2D eigenvalue weighted by atomic mass is 9.78. The van der Waals surface area contributed by atoms with Crippen molar-refractivity contribution in [2.45, 2.75) is 62.0 Å². The van der Waals surface area contributed by atoms with Crippen molar-refractivity contribution in [2.24, 2.45) is 5.92 Å². The average molecular weight is 697 g/mol. The number of aryl methyl sites for hydroxylation is 3. The third-order valence-corrected chi connectivity index (χ3v) is 10.6. The van der Waals surface area contributed by atoms with E-state index in [4.69, 9.17) is 0 Å². The molecule has 1 amide bonds. The molecule has 2 heterocycles. The molecular formula is C36H41FN2O7S2. The zero-order valence-corrected chi connectivity index (χ0v) is 28.3. The van der Waals surface area contributed by atoms with Gasteiger partial charge in [-0.05, 0) is 78.6 Å². The van der Waals surface area contributed by atoms with E-state index in [1.165, 1.54) is 29.7 Å². The van der Waals surface area contributed by atoms with Gasteiger partial charge in [0.05, 0.1) is 47.7 Å². The van der Waals surface area contributed by atoms with Crippen molar-refractivity contribution in [1.29, 1.82) is 0 Å². The lowest BCUT2D eigenvalue weighted by Crippen LogP contribution is -2.55. The number of thiazole rings is 1. The van der Waals surface area contributed by atoms with E-state index in [1.807, 2.05) is 48.5 Å². The van der Waals surface area contributed by atoms with E-state index in [0.29, 0.717) is 43.4 Å². The zero-order valence-electron chi connectivity index (χ0n) is 26.7. The molecule has 0 spiro atoms. The van der Waals surface area contributed by atoms with Gasteiger partial charge in [0, 0.05) is 23.7 Å². The number of carbonyl (C=O) groups excluding carboxylic acids is 1. The number of sulfone groups is 1. The molecule has 5 rings (SSSR count). The predicted octanol–water partition coefficient (Wildman–Crippen LogP) is 4.48. The first kappa shape index (κ1) is 35.8. The van der Waals surface area contributed by atoms with Gasteiger partial charge in [0.2, 0.25) is 5.91 Å². The van der Waals surface area contributed by atoms with Gasteiger partial charge in [-0.3, -0.25) is 4.79 Å². The number of β-lactam (4-membered cyclic amide) rings is 1. The van der Waals surface area contributed by atoms with Gasteiger partial charge in [-0.1, -0.05) is 48.5 Å². The number of hydrogen-bond donors (Lipinski definition) is 4. The normalized spacial score (nSPS) is 17.4. The highest BCUT2D eigenvalue weighted by Gasteiger charge is 2.48. The number of rotatable bonds is 16. The van der Waals surface area contributed by atoms with Crippen LogP contribution in [0, 0.1) is 11.7 Å². The largest absolute Gasteiger partial charge is 0.393 e. The fourth-order valence-electron chi connectivity index (χ4n) is 6.03. The van der Waals surface area contributed by atoms with Gasteiger partial charge in [-0.15, -0.1) is 11.3 Å². The molecule has 0 unspecified atom stereocenters. The van der Waals surface area contributed by atoms with Crippen LogP contribution >= 0.6 is 11.3 Å². The Morgan fingerprint density at radius 3 is 2.19 bits per heavy atom. The third kappa shape index (κ3) is 8.93. The van der Waals surface area contributed by atoms with Crippen LogP contribution in [-0.4, -0.2) is 64.8 Å². The number of aliphatic hydroxyl groups is 4. The Balaban J connectivity index is 1.29. The first-order valence-corrected chi connectivity index (χ1v) is 18.8. The van der Waals surface area contributed by atoms with Gasteiger partial charge < -0.3 is 25.3 Å². The van der Waals surface area contributed by atoms with Gasteiger partial charge in [-0.2, -0.15) is 0 Å². The molecular weight excluding hydrogens is 656 g/mol. The maximum Gasteiger partial charge on any atom is 0.233 e. The number of anilines is 1. The molecule has 256 valence electrons. The Hall–Kier alpha value is -3.52. The van der Waals surface area contributed by atoms with Crippen LogP contribution in [0.2, 0.25) is 0 Å². The Kier molecular flexibility index (Phi) is 11.4. The van der Waals surface area contributed by atoms with Crippen molar-refractivity contribution in [3.63, 3.8) is 0 Å². The number of hydrogen-bond acceptors (Lipinski definition) is 9. The molecule has 4 N–H and O–H groups in total. The third-order valence-electron chi connectivity index (χ3n) is 8.86. The summed E-state index contributed by atoms with van der Waals surface area (Å²) >= 11 is 1.44. The second-order valence-corrected chi connectivity index (χ2v) is 15.7. The van der Waals surface area contributed by atoms with Gasteiger partial charge in [-0.25, -0.2) is 17.8 Å². The summed E-state index contributed by atoms with van der Waals surface area (Å²) in [5.74, 6) is -0.898. The summed E-state index contributed by atoms with van der Waals surface area (Å²) in [4.78, 5) is 19.9. The van der Waals surface area contributed by atoms with E-state index < -0.39 is 34.8 Å². The van der Waals surface area contributed by atoms with Crippen LogP contribution in [0.4, 0.5) is 10.1 Å². The highest BCUT2D eigenvalue weighted by atomic mass is 32.2. The van der Waals surface area contributed by atoms with Crippen molar-refractivity contribution in [1.82, 2.24) is 4.98 Å². The van der Waals surface area contributed by atoms with Crippen molar-refractivity contribution in [2.75, 3.05) is 24.4 Å². The van der Waals surface area contributed by atoms with Crippen molar-refractivity contribution < 1.29 is 38.0 Å². The minimum atomic E-state index is -3.15.